The van der Waals surface area contributed by atoms with Gasteiger partial charge in [-0.1, -0.05) is 11.6 Å². The molecule has 0 unspecified atom stereocenters. The van der Waals surface area contributed by atoms with E-state index in [0.29, 0.717) is 41.3 Å². The van der Waals surface area contributed by atoms with Gasteiger partial charge in [0.05, 0.1) is 10.7 Å². The maximum absolute atomic E-state index is 12.3. The summed E-state index contributed by atoms with van der Waals surface area (Å²) in [5, 5.41) is 3.19. The second-order valence-corrected chi connectivity index (χ2v) is 9.42. The fraction of sp³-hybridized carbons (Fsp3) is 0.320. The van der Waals surface area contributed by atoms with Crippen LogP contribution in [0.25, 0.3) is 11.3 Å². The van der Waals surface area contributed by atoms with Gasteiger partial charge in [0.1, 0.15) is 0 Å². The Bertz CT molecular complexity index is 1150. The van der Waals surface area contributed by atoms with E-state index in [0.717, 1.165) is 22.9 Å². The molecule has 0 aromatic carbocycles. The van der Waals surface area contributed by atoms with Crippen molar-refractivity contribution >= 4 is 30.0 Å². The van der Waals surface area contributed by atoms with Crippen molar-refractivity contribution in [3.05, 3.63) is 65.6 Å². The van der Waals surface area contributed by atoms with Gasteiger partial charge in [-0.15, -0.1) is 12.8 Å². The van der Waals surface area contributed by atoms with E-state index in [-0.39, 0.29) is 0 Å². The highest BCUT2D eigenvalue weighted by Crippen LogP contribution is 2.35. The molecule has 0 saturated carbocycles. The highest BCUT2D eigenvalue weighted by atomic mass is 35.5. The van der Waals surface area contributed by atoms with E-state index < -0.39 is 12.0 Å². The number of aromatic nitrogens is 4. The van der Waals surface area contributed by atoms with Crippen LogP contribution in [0.1, 0.15) is 38.1 Å². The topological polar surface area (TPSA) is 83.9 Å². The third kappa shape index (κ3) is 9.31. The van der Waals surface area contributed by atoms with Crippen LogP contribution in [0, 0.1) is 12.8 Å². The average Bonchev–Trinajstić information content (AvgIpc) is 3.21. The van der Waals surface area contributed by atoms with Gasteiger partial charge in [0.15, 0.2) is 0 Å². The Hall–Kier alpha value is -3.20. The van der Waals surface area contributed by atoms with Gasteiger partial charge in [0.25, 0.3) is 0 Å². The molecule has 1 amide bonds. The van der Waals surface area contributed by atoms with Crippen LogP contribution in [0.4, 0.5) is 13.2 Å². The number of alkyl halides is 3. The molecule has 12 heteroatoms. The smallest absolute Gasteiger partial charge is 0.355 e. The van der Waals surface area contributed by atoms with Crippen molar-refractivity contribution in [1.82, 2.24) is 29.6 Å². The Labute approximate surface area is 223 Å². The van der Waals surface area contributed by atoms with Crippen molar-refractivity contribution in [1.29, 1.82) is 0 Å². The normalized spacial score (nSPS) is 17.1. The molecule has 2 atom stereocenters. The molecule has 0 aliphatic carbocycles. The van der Waals surface area contributed by atoms with E-state index in [1.54, 1.807) is 30.3 Å². The largest absolute Gasteiger partial charge is 0.451 e. The predicted molar refractivity (Wildman–Crippen MR) is 138 cm³/mol. The molecular weight excluding hydrogens is 525 g/mol. The van der Waals surface area contributed by atoms with Crippen LogP contribution < -0.4 is 5.32 Å². The van der Waals surface area contributed by atoms with Gasteiger partial charge in [-0.05, 0) is 62.4 Å². The quantitative estimate of drug-likeness (QED) is 0.240. The number of carbonyl (C=O) groups excluding carboxylic acids is 1. The summed E-state index contributed by atoms with van der Waals surface area (Å²) < 4.78 is 39.5. The van der Waals surface area contributed by atoms with Crippen molar-refractivity contribution in [3.8, 4) is 24.1 Å². The van der Waals surface area contributed by atoms with E-state index in [1.165, 1.54) is 19.0 Å². The summed E-state index contributed by atoms with van der Waals surface area (Å²) in [6.45, 7) is 4.85. The first-order valence-corrected chi connectivity index (χ1v) is 12.2. The zero-order chi connectivity index (χ0) is 27.4. The van der Waals surface area contributed by atoms with E-state index >= 15 is 0 Å². The molecule has 37 heavy (non-hydrogen) atoms. The number of carbonyl (C=O) groups is 1. The SMILES string of the molecule is C#C.C[C@@H]1CC[C@H](C)N1Sc1cncc(Cl)c1.O=CNCc1ccnc(-c2cnc(C(F)(F)F)nc2)c1. The summed E-state index contributed by atoms with van der Waals surface area (Å²) >= 11 is 7.68. The van der Waals surface area contributed by atoms with Gasteiger partial charge in [-0.2, -0.15) is 13.2 Å². The summed E-state index contributed by atoms with van der Waals surface area (Å²) in [6, 6.07) is 6.58. The molecule has 1 aliphatic heterocycles. The third-order valence-electron chi connectivity index (χ3n) is 5.18. The lowest BCUT2D eigenvalue weighted by Crippen LogP contribution is -2.25. The van der Waals surface area contributed by atoms with E-state index in [2.05, 4.69) is 56.3 Å². The van der Waals surface area contributed by atoms with Crippen molar-refractivity contribution in [2.75, 3.05) is 0 Å². The molecule has 1 saturated heterocycles. The minimum atomic E-state index is -4.57. The summed E-state index contributed by atoms with van der Waals surface area (Å²) in [5.41, 5.74) is 1.57. The van der Waals surface area contributed by atoms with Crippen LogP contribution in [0.15, 0.2) is 54.1 Å². The molecule has 1 N–H and O–H groups in total. The lowest BCUT2D eigenvalue weighted by atomic mass is 10.1. The Morgan fingerprint density at radius 2 is 1.76 bits per heavy atom. The second kappa shape index (κ2) is 14.5. The predicted octanol–water partition coefficient (Wildman–Crippen LogP) is 5.67. The lowest BCUT2D eigenvalue weighted by molar-refractivity contribution is -0.145. The van der Waals surface area contributed by atoms with Crippen LogP contribution in [0.3, 0.4) is 0 Å². The zero-order valence-corrected chi connectivity index (χ0v) is 21.8. The van der Waals surface area contributed by atoms with Crippen LogP contribution >= 0.6 is 23.5 Å². The van der Waals surface area contributed by atoms with Gasteiger partial charge < -0.3 is 5.32 Å². The fourth-order valence-electron chi connectivity index (χ4n) is 3.42. The molecule has 1 fully saturated rings. The van der Waals surface area contributed by atoms with Gasteiger partial charge in [0.2, 0.25) is 12.2 Å². The molecule has 3 aromatic rings. The Morgan fingerprint density at radius 3 is 2.32 bits per heavy atom. The number of rotatable bonds is 6. The van der Waals surface area contributed by atoms with Crippen molar-refractivity contribution in [3.63, 3.8) is 0 Å². The minimum absolute atomic E-state index is 0.306. The summed E-state index contributed by atoms with van der Waals surface area (Å²) in [4.78, 5) is 26.0. The first-order chi connectivity index (χ1) is 17.7. The molecule has 0 radical (unpaired) electrons. The standard InChI is InChI=1S/C12H9F3N4O.C11H15ClN2S.C2H2/c13-12(14,15)11-18-5-9(6-19-11)10-3-8(1-2-17-10)4-16-7-20;1-8-3-4-9(2)14(8)15-11-5-10(12)6-13-7-11;1-2/h1-3,5-7H,4H2,(H,16,20);5-9H,3-4H2,1-2H3;1-2H/t;8-,9+;. The number of pyridine rings is 2. The Morgan fingerprint density at radius 1 is 1.11 bits per heavy atom. The molecule has 7 nitrogen and oxygen atoms in total. The van der Waals surface area contributed by atoms with Gasteiger partial charge in [-0.3, -0.25) is 14.8 Å². The summed E-state index contributed by atoms with van der Waals surface area (Å²) in [5.74, 6) is -1.19. The van der Waals surface area contributed by atoms with E-state index in [4.69, 9.17) is 11.6 Å². The summed E-state index contributed by atoms with van der Waals surface area (Å²) in [6.07, 6.45) is 13.7. The average molecular weight is 551 g/mol. The highest BCUT2D eigenvalue weighted by Gasteiger charge is 2.34. The number of hydrogen-bond acceptors (Lipinski definition) is 7. The number of nitrogens with one attached hydrogen (secondary N) is 1. The van der Waals surface area contributed by atoms with Gasteiger partial charge in [0, 0.05) is 60.1 Å². The molecule has 0 bridgehead atoms. The molecule has 4 heterocycles. The molecule has 4 rings (SSSR count). The fourth-order valence-corrected chi connectivity index (χ4v) is 4.76. The summed E-state index contributed by atoms with van der Waals surface area (Å²) in [7, 11) is 0. The molecular formula is C25H26ClF3N6OS. The Kier molecular flexibility index (Phi) is 11.8. The van der Waals surface area contributed by atoms with E-state index in [1.807, 2.05) is 12.3 Å². The molecule has 0 spiro atoms. The third-order valence-corrected chi connectivity index (χ3v) is 6.75. The van der Waals surface area contributed by atoms with Crippen LogP contribution in [0.2, 0.25) is 5.02 Å². The number of amides is 1. The maximum Gasteiger partial charge on any atom is 0.451 e. The van der Waals surface area contributed by atoms with Crippen molar-refractivity contribution < 1.29 is 18.0 Å². The van der Waals surface area contributed by atoms with Crippen molar-refractivity contribution in [2.24, 2.45) is 0 Å². The van der Waals surface area contributed by atoms with Crippen LogP contribution in [-0.2, 0) is 17.5 Å². The number of hydrogen-bond donors (Lipinski definition) is 1. The zero-order valence-electron chi connectivity index (χ0n) is 20.2. The van der Waals surface area contributed by atoms with Crippen LogP contribution in [0.5, 0.6) is 0 Å². The number of nitrogens with zero attached hydrogens (tertiary/aromatic N) is 5. The monoisotopic (exact) mass is 550 g/mol. The van der Waals surface area contributed by atoms with Crippen LogP contribution in [-0.4, -0.2) is 42.7 Å². The van der Waals surface area contributed by atoms with E-state index in [9.17, 15) is 18.0 Å². The van der Waals surface area contributed by atoms with Gasteiger partial charge in [-0.25, -0.2) is 14.3 Å². The highest BCUT2D eigenvalue weighted by molar-refractivity contribution is 7.97. The molecule has 1 aliphatic rings. The van der Waals surface area contributed by atoms with Crippen molar-refractivity contribution in [2.45, 2.75) is 56.4 Å². The van der Waals surface area contributed by atoms with Gasteiger partial charge >= 0.3 is 6.18 Å². The minimum Gasteiger partial charge on any atom is -0.355 e. The second-order valence-electron chi connectivity index (χ2n) is 7.91. The first-order valence-electron chi connectivity index (χ1n) is 11.1. The Balaban J connectivity index is 0.000000252. The number of terminal acetylenes is 1. The maximum atomic E-state index is 12.3. The number of halogens is 4. The molecule has 196 valence electrons. The molecule has 3 aromatic heterocycles. The first kappa shape index (κ1) is 30.0. The lowest BCUT2D eigenvalue weighted by Gasteiger charge is -2.24.